The van der Waals surface area contributed by atoms with Crippen LogP contribution in [-0.2, 0) is 0 Å². The normalized spacial score (nSPS) is 10.9. The number of aromatic nitrogens is 2. The largest absolute Gasteiger partial charge is 0.369 e. The summed E-state index contributed by atoms with van der Waals surface area (Å²) in [5.41, 5.74) is 0.312. The SMILES string of the molecule is CN(C)/C=N/c1c(Cl)nc(Cl)nc1Cl. The van der Waals surface area contributed by atoms with E-state index in [1.165, 1.54) is 0 Å². The minimum atomic E-state index is 0.00352. The van der Waals surface area contributed by atoms with Gasteiger partial charge in [-0.2, -0.15) is 0 Å². The van der Waals surface area contributed by atoms with Crippen LogP contribution in [0.3, 0.4) is 0 Å². The van der Waals surface area contributed by atoms with Crippen molar-refractivity contribution in [3.63, 3.8) is 0 Å². The minimum absolute atomic E-state index is 0.00352. The molecule has 0 unspecified atom stereocenters. The summed E-state index contributed by atoms with van der Waals surface area (Å²) in [4.78, 5) is 13.2. The third-order valence-corrected chi connectivity index (χ3v) is 1.89. The Morgan fingerprint density at radius 1 is 1.14 bits per heavy atom. The molecule has 1 rings (SSSR count). The van der Waals surface area contributed by atoms with E-state index in [9.17, 15) is 0 Å². The average molecular weight is 254 g/mol. The highest BCUT2D eigenvalue weighted by atomic mass is 35.5. The fourth-order valence-corrected chi connectivity index (χ4v) is 1.40. The summed E-state index contributed by atoms with van der Waals surface area (Å²) < 4.78 is 0. The number of nitrogens with zero attached hydrogens (tertiary/aromatic N) is 4. The van der Waals surface area contributed by atoms with Gasteiger partial charge in [-0.3, -0.25) is 0 Å². The van der Waals surface area contributed by atoms with Crippen molar-refractivity contribution < 1.29 is 0 Å². The summed E-state index contributed by atoms with van der Waals surface area (Å²) in [6, 6.07) is 0. The predicted molar refractivity (Wildman–Crippen MR) is 58.9 cm³/mol. The molecular formula is C7H7Cl3N4. The van der Waals surface area contributed by atoms with E-state index < -0.39 is 0 Å². The van der Waals surface area contributed by atoms with E-state index in [1.807, 2.05) is 14.1 Å². The predicted octanol–water partition coefficient (Wildman–Crippen LogP) is 2.66. The van der Waals surface area contributed by atoms with Gasteiger partial charge in [0.2, 0.25) is 5.28 Å². The van der Waals surface area contributed by atoms with Crippen molar-refractivity contribution in [1.29, 1.82) is 0 Å². The van der Waals surface area contributed by atoms with Gasteiger partial charge in [0.1, 0.15) is 5.69 Å². The summed E-state index contributed by atoms with van der Waals surface area (Å²) in [5, 5.41) is 0.269. The Balaban J connectivity index is 3.09. The molecule has 0 aliphatic rings. The van der Waals surface area contributed by atoms with Crippen LogP contribution in [0.25, 0.3) is 0 Å². The van der Waals surface area contributed by atoms with Gasteiger partial charge in [0.15, 0.2) is 10.3 Å². The van der Waals surface area contributed by atoms with Gasteiger partial charge in [-0.05, 0) is 11.6 Å². The second-order valence-corrected chi connectivity index (χ2v) is 3.69. The van der Waals surface area contributed by atoms with Crippen molar-refractivity contribution in [2.45, 2.75) is 0 Å². The molecule has 0 saturated heterocycles. The highest BCUT2D eigenvalue weighted by Crippen LogP contribution is 2.30. The summed E-state index contributed by atoms with van der Waals surface area (Å²) >= 11 is 17.1. The van der Waals surface area contributed by atoms with E-state index in [4.69, 9.17) is 34.8 Å². The molecule has 0 aliphatic carbocycles. The molecule has 0 amide bonds. The zero-order valence-electron chi connectivity index (χ0n) is 7.50. The smallest absolute Gasteiger partial charge is 0.225 e. The third kappa shape index (κ3) is 2.97. The quantitative estimate of drug-likeness (QED) is 0.352. The molecule has 0 aromatic carbocycles. The van der Waals surface area contributed by atoms with Crippen LogP contribution in [0.5, 0.6) is 0 Å². The Hall–Kier alpha value is -0.580. The third-order valence-electron chi connectivity index (χ3n) is 1.19. The Morgan fingerprint density at radius 2 is 1.64 bits per heavy atom. The molecule has 0 saturated carbocycles. The van der Waals surface area contributed by atoms with E-state index >= 15 is 0 Å². The van der Waals surface area contributed by atoms with Gasteiger partial charge in [0.05, 0.1) is 6.34 Å². The molecule has 14 heavy (non-hydrogen) atoms. The Morgan fingerprint density at radius 3 is 2.07 bits per heavy atom. The summed E-state index contributed by atoms with van der Waals surface area (Å²) in [5.74, 6) is 0. The molecule has 0 aliphatic heterocycles. The zero-order valence-corrected chi connectivity index (χ0v) is 9.77. The Labute approximate surface area is 96.5 Å². The maximum atomic E-state index is 5.77. The van der Waals surface area contributed by atoms with Gasteiger partial charge in [-0.25, -0.2) is 15.0 Å². The van der Waals surface area contributed by atoms with E-state index in [2.05, 4.69) is 15.0 Å². The first-order valence-corrected chi connectivity index (χ1v) is 4.73. The standard InChI is InChI=1S/C7H7Cl3N4/c1-14(2)3-11-4-5(8)12-7(10)13-6(4)9/h3H,1-2H3/b11-3+. The summed E-state index contributed by atoms with van der Waals surface area (Å²) in [6.07, 6.45) is 1.55. The number of hydrogen-bond acceptors (Lipinski definition) is 3. The van der Waals surface area contributed by atoms with Crippen LogP contribution in [-0.4, -0.2) is 35.3 Å². The number of rotatable bonds is 2. The maximum absolute atomic E-state index is 5.77. The Kier molecular flexibility index (Phi) is 3.92. The lowest BCUT2D eigenvalue weighted by Gasteiger charge is -2.04. The van der Waals surface area contributed by atoms with Crippen molar-refractivity contribution in [1.82, 2.24) is 14.9 Å². The van der Waals surface area contributed by atoms with Crippen LogP contribution in [0, 0.1) is 0 Å². The average Bonchev–Trinajstić information content (AvgIpc) is 2.01. The van der Waals surface area contributed by atoms with Crippen LogP contribution in [0.2, 0.25) is 15.6 Å². The van der Waals surface area contributed by atoms with Gasteiger partial charge in [-0.1, -0.05) is 23.2 Å². The van der Waals surface area contributed by atoms with Gasteiger partial charge in [0, 0.05) is 14.1 Å². The second-order valence-electron chi connectivity index (χ2n) is 2.63. The topological polar surface area (TPSA) is 41.4 Å². The van der Waals surface area contributed by atoms with Gasteiger partial charge >= 0.3 is 0 Å². The maximum Gasteiger partial charge on any atom is 0.225 e. The van der Waals surface area contributed by atoms with Crippen LogP contribution in [0.15, 0.2) is 4.99 Å². The van der Waals surface area contributed by atoms with E-state index in [0.29, 0.717) is 5.69 Å². The molecule has 4 nitrogen and oxygen atoms in total. The molecule has 0 radical (unpaired) electrons. The highest BCUT2D eigenvalue weighted by Gasteiger charge is 2.08. The van der Waals surface area contributed by atoms with Crippen LogP contribution >= 0.6 is 34.8 Å². The summed E-state index contributed by atoms with van der Waals surface area (Å²) in [7, 11) is 3.64. The van der Waals surface area contributed by atoms with Crippen molar-refractivity contribution in [3.05, 3.63) is 15.6 Å². The fourth-order valence-electron chi connectivity index (χ4n) is 0.658. The lowest BCUT2D eigenvalue weighted by atomic mass is 10.5. The molecule has 0 atom stereocenters. The van der Waals surface area contributed by atoms with Crippen molar-refractivity contribution in [2.24, 2.45) is 4.99 Å². The molecule has 0 fully saturated rings. The molecule has 1 heterocycles. The van der Waals surface area contributed by atoms with Crippen LogP contribution in [0.1, 0.15) is 0 Å². The number of aliphatic imine (C=N–C) groups is 1. The van der Waals surface area contributed by atoms with Crippen LogP contribution < -0.4 is 0 Å². The molecule has 0 N–H and O–H groups in total. The number of hydrogen-bond donors (Lipinski definition) is 0. The fraction of sp³-hybridized carbons (Fsp3) is 0.286. The molecular weight excluding hydrogens is 246 g/mol. The lowest BCUT2D eigenvalue weighted by Crippen LogP contribution is -2.07. The molecule has 1 aromatic heterocycles. The van der Waals surface area contributed by atoms with Gasteiger partial charge in [-0.15, -0.1) is 0 Å². The van der Waals surface area contributed by atoms with Crippen molar-refractivity contribution >= 4 is 46.8 Å². The first kappa shape index (κ1) is 11.5. The second kappa shape index (κ2) is 4.77. The van der Waals surface area contributed by atoms with Gasteiger partial charge in [0.25, 0.3) is 0 Å². The molecule has 0 spiro atoms. The van der Waals surface area contributed by atoms with Crippen molar-refractivity contribution in [3.8, 4) is 0 Å². The Bertz CT molecular complexity index is 341. The minimum Gasteiger partial charge on any atom is -0.369 e. The highest BCUT2D eigenvalue weighted by molar-refractivity contribution is 6.38. The monoisotopic (exact) mass is 252 g/mol. The first-order chi connectivity index (χ1) is 6.50. The molecule has 0 bridgehead atoms. The molecule has 7 heteroatoms. The molecule has 76 valence electrons. The van der Waals surface area contributed by atoms with E-state index in [0.717, 1.165) is 0 Å². The first-order valence-electron chi connectivity index (χ1n) is 3.60. The zero-order chi connectivity index (χ0) is 10.7. The number of halogens is 3. The van der Waals surface area contributed by atoms with E-state index in [-0.39, 0.29) is 15.6 Å². The lowest BCUT2D eigenvalue weighted by molar-refractivity contribution is 0.643. The van der Waals surface area contributed by atoms with Crippen molar-refractivity contribution in [2.75, 3.05) is 14.1 Å². The summed E-state index contributed by atoms with van der Waals surface area (Å²) in [6.45, 7) is 0. The van der Waals surface area contributed by atoms with E-state index in [1.54, 1.807) is 11.2 Å². The molecule has 1 aromatic rings. The van der Waals surface area contributed by atoms with Crippen LogP contribution in [0.4, 0.5) is 5.69 Å². The van der Waals surface area contributed by atoms with Gasteiger partial charge < -0.3 is 4.90 Å².